The molecular weight excluding hydrogens is 468 g/mol. The number of carbonyl (C=O) groups is 1. The topological polar surface area (TPSA) is 105 Å². The lowest BCUT2D eigenvalue weighted by molar-refractivity contribution is -0.188. The van der Waals surface area contributed by atoms with Crippen molar-refractivity contribution in [1.82, 2.24) is 14.7 Å². The molecule has 0 bridgehead atoms. The molecule has 0 aliphatic carbocycles. The van der Waals surface area contributed by atoms with Gasteiger partial charge in [-0.2, -0.15) is 0 Å². The maximum atomic E-state index is 11.4. The van der Waals surface area contributed by atoms with Crippen LogP contribution < -0.4 is 5.73 Å². The molecule has 1 aliphatic heterocycles. The van der Waals surface area contributed by atoms with Crippen molar-refractivity contribution in [2.45, 2.75) is 45.1 Å². The van der Waals surface area contributed by atoms with Crippen molar-refractivity contribution >= 4 is 5.91 Å². The summed E-state index contributed by atoms with van der Waals surface area (Å²) in [4.78, 5) is 15.8. The maximum absolute atomic E-state index is 11.4. The zero-order chi connectivity index (χ0) is 25.6. The van der Waals surface area contributed by atoms with Gasteiger partial charge in [-0.05, 0) is 68.7 Å². The second-order valence-corrected chi connectivity index (χ2v) is 8.94. The van der Waals surface area contributed by atoms with Gasteiger partial charge in [-0.3, -0.25) is 4.79 Å². The summed E-state index contributed by atoms with van der Waals surface area (Å²) in [5.74, 6) is 7.19. The number of hydrogen-bond acceptors (Lipinski definition) is 6. The fourth-order valence-electron chi connectivity index (χ4n) is 4.23. The van der Waals surface area contributed by atoms with Gasteiger partial charge in [0.25, 0.3) is 0 Å². The molecule has 1 amide bonds. The van der Waals surface area contributed by atoms with Crippen LogP contribution in [0.3, 0.4) is 0 Å². The molecule has 2 aromatic heterocycles. The molecule has 1 aliphatic rings. The summed E-state index contributed by atoms with van der Waals surface area (Å²) in [6, 6.07) is 16.6. The number of ether oxygens (including phenoxy) is 2. The standard InChI is InChI=1S/C29H28N4O4/c1-20(36-27-7-2-3-16-35-27)29-31-14-15-33(29)19-25-18-26(37-32-25)23-12-10-21(11-13-23)8-9-22-5-4-6-24(17-22)28(30)34/h4-6,10-15,17-18,20,27H,2-3,7,16,19H2,1H3,(H2,30,34). The van der Waals surface area contributed by atoms with Crippen LogP contribution in [0.5, 0.6) is 0 Å². The fourth-order valence-corrected chi connectivity index (χ4v) is 4.23. The number of hydrogen-bond donors (Lipinski definition) is 1. The van der Waals surface area contributed by atoms with Gasteiger partial charge < -0.3 is 24.3 Å². The van der Waals surface area contributed by atoms with Crippen LogP contribution in [0.2, 0.25) is 0 Å². The zero-order valence-electron chi connectivity index (χ0n) is 20.6. The van der Waals surface area contributed by atoms with Crippen LogP contribution in [0.4, 0.5) is 0 Å². The molecule has 1 fully saturated rings. The molecule has 5 rings (SSSR count). The van der Waals surface area contributed by atoms with Gasteiger partial charge in [0.15, 0.2) is 12.1 Å². The van der Waals surface area contributed by atoms with E-state index in [4.69, 9.17) is 19.7 Å². The molecule has 1 saturated heterocycles. The van der Waals surface area contributed by atoms with Gasteiger partial charge in [0.1, 0.15) is 17.6 Å². The highest BCUT2D eigenvalue weighted by Gasteiger charge is 2.21. The van der Waals surface area contributed by atoms with Crippen LogP contribution >= 0.6 is 0 Å². The number of nitrogens with two attached hydrogens (primary N) is 1. The highest BCUT2D eigenvalue weighted by Crippen LogP contribution is 2.25. The summed E-state index contributed by atoms with van der Waals surface area (Å²) in [5, 5.41) is 4.25. The molecule has 37 heavy (non-hydrogen) atoms. The van der Waals surface area contributed by atoms with Crippen molar-refractivity contribution in [2.75, 3.05) is 6.61 Å². The predicted molar refractivity (Wildman–Crippen MR) is 137 cm³/mol. The summed E-state index contributed by atoms with van der Waals surface area (Å²) in [7, 11) is 0. The lowest BCUT2D eigenvalue weighted by Crippen LogP contribution is -2.24. The minimum atomic E-state index is -0.472. The molecule has 8 nitrogen and oxygen atoms in total. The zero-order valence-corrected chi connectivity index (χ0v) is 20.6. The van der Waals surface area contributed by atoms with E-state index >= 15 is 0 Å². The van der Waals surface area contributed by atoms with E-state index in [0.29, 0.717) is 17.9 Å². The Labute approximate surface area is 215 Å². The van der Waals surface area contributed by atoms with Gasteiger partial charge in [0.2, 0.25) is 5.91 Å². The largest absolute Gasteiger partial charge is 0.366 e. The highest BCUT2D eigenvalue weighted by molar-refractivity contribution is 5.93. The van der Waals surface area contributed by atoms with E-state index in [9.17, 15) is 4.79 Å². The molecule has 0 saturated carbocycles. The minimum Gasteiger partial charge on any atom is -0.366 e. The van der Waals surface area contributed by atoms with Gasteiger partial charge >= 0.3 is 0 Å². The highest BCUT2D eigenvalue weighted by atomic mass is 16.7. The smallest absolute Gasteiger partial charge is 0.248 e. The average Bonchev–Trinajstić information content (AvgIpc) is 3.59. The molecule has 2 aromatic carbocycles. The lowest BCUT2D eigenvalue weighted by atomic mass is 10.1. The van der Waals surface area contributed by atoms with Crippen molar-refractivity contribution < 1.29 is 18.8 Å². The normalized spacial score (nSPS) is 16.1. The molecule has 2 atom stereocenters. The summed E-state index contributed by atoms with van der Waals surface area (Å²) >= 11 is 0. The van der Waals surface area contributed by atoms with E-state index in [2.05, 4.69) is 22.0 Å². The van der Waals surface area contributed by atoms with Crippen LogP contribution in [-0.4, -0.2) is 33.5 Å². The van der Waals surface area contributed by atoms with E-state index in [1.807, 2.05) is 54.1 Å². The van der Waals surface area contributed by atoms with Crippen molar-refractivity contribution in [3.63, 3.8) is 0 Å². The molecule has 3 heterocycles. The van der Waals surface area contributed by atoms with Crippen LogP contribution in [0.15, 0.2) is 71.5 Å². The number of nitrogens with zero attached hydrogens (tertiary/aromatic N) is 3. The van der Waals surface area contributed by atoms with Gasteiger partial charge in [-0.1, -0.05) is 23.1 Å². The van der Waals surface area contributed by atoms with E-state index in [1.165, 1.54) is 0 Å². The third kappa shape index (κ3) is 6.15. The van der Waals surface area contributed by atoms with Gasteiger partial charge in [0.05, 0.1) is 6.54 Å². The Balaban J connectivity index is 1.23. The van der Waals surface area contributed by atoms with E-state index in [0.717, 1.165) is 54.1 Å². The fraction of sp³-hybridized carbons (Fsp3) is 0.276. The monoisotopic (exact) mass is 496 g/mol. The first-order chi connectivity index (χ1) is 18.0. The van der Waals surface area contributed by atoms with Gasteiger partial charge in [-0.15, -0.1) is 0 Å². The molecule has 0 spiro atoms. The van der Waals surface area contributed by atoms with E-state index in [1.54, 1.807) is 24.4 Å². The average molecular weight is 497 g/mol. The number of benzene rings is 2. The Kier molecular flexibility index (Phi) is 7.45. The van der Waals surface area contributed by atoms with Crippen molar-refractivity contribution in [2.24, 2.45) is 5.73 Å². The van der Waals surface area contributed by atoms with Crippen molar-refractivity contribution in [3.05, 3.63) is 95.2 Å². The second kappa shape index (κ2) is 11.2. The van der Waals surface area contributed by atoms with Crippen LogP contribution in [-0.2, 0) is 16.0 Å². The number of amides is 1. The number of aromatic nitrogens is 3. The first-order valence-corrected chi connectivity index (χ1v) is 12.3. The quantitative estimate of drug-likeness (QED) is 0.372. The Morgan fingerprint density at radius 1 is 1.16 bits per heavy atom. The van der Waals surface area contributed by atoms with Gasteiger partial charge in [0, 0.05) is 47.3 Å². The number of primary amides is 1. The Bertz CT molecular complexity index is 1420. The summed E-state index contributed by atoms with van der Waals surface area (Å²) in [6.07, 6.45) is 6.41. The van der Waals surface area contributed by atoms with Crippen molar-refractivity contribution in [1.29, 1.82) is 0 Å². The predicted octanol–water partition coefficient (Wildman–Crippen LogP) is 4.69. The Morgan fingerprint density at radius 2 is 2.00 bits per heavy atom. The van der Waals surface area contributed by atoms with Crippen LogP contribution in [0.25, 0.3) is 11.3 Å². The first kappa shape index (κ1) is 24.5. The number of imidazole rings is 1. The maximum Gasteiger partial charge on any atom is 0.248 e. The molecule has 188 valence electrons. The summed E-state index contributed by atoms with van der Waals surface area (Å²) in [5.41, 5.74) is 9.03. The lowest BCUT2D eigenvalue weighted by Gasteiger charge is -2.26. The number of rotatable bonds is 7. The Morgan fingerprint density at radius 3 is 2.78 bits per heavy atom. The van der Waals surface area contributed by atoms with E-state index < -0.39 is 5.91 Å². The minimum absolute atomic E-state index is 0.180. The SMILES string of the molecule is CC(OC1CCCCO1)c1nccn1Cc1cc(-c2ccc(C#Cc3cccc(C(N)=O)c3)cc2)on1. The molecule has 8 heteroatoms. The molecule has 2 unspecified atom stereocenters. The first-order valence-electron chi connectivity index (χ1n) is 12.3. The molecule has 0 radical (unpaired) electrons. The third-order valence-electron chi connectivity index (χ3n) is 6.16. The summed E-state index contributed by atoms with van der Waals surface area (Å²) in [6.45, 7) is 3.25. The molecule has 2 N–H and O–H groups in total. The van der Waals surface area contributed by atoms with E-state index in [-0.39, 0.29) is 12.4 Å². The third-order valence-corrected chi connectivity index (χ3v) is 6.16. The van der Waals surface area contributed by atoms with Crippen LogP contribution in [0.1, 0.15) is 65.3 Å². The van der Waals surface area contributed by atoms with Crippen molar-refractivity contribution in [3.8, 4) is 23.2 Å². The molecule has 4 aromatic rings. The Hall–Kier alpha value is -4.19. The number of carbonyl (C=O) groups excluding carboxylic acids is 1. The summed E-state index contributed by atoms with van der Waals surface area (Å²) < 4.78 is 19.4. The molecular formula is C29H28N4O4. The second-order valence-electron chi connectivity index (χ2n) is 8.94. The van der Waals surface area contributed by atoms with Crippen LogP contribution in [0, 0.1) is 11.8 Å². The van der Waals surface area contributed by atoms with Gasteiger partial charge in [-0.25, -0.2) is 4.98 Å².